The van der Waals surface area contributed by atoms with Gasteiger partial charge in [0.2, 0.25) is 11.9 Å². The van der Waals surface area contributed by atoms with E-state index in [1.165, 1.54) is 32.1 Å². The number of nitrogens with zero attached hydrogens (tertiary/aromatic N) is 7. The van der Waals surface area contributed by atoms with Crippen molar-refractivity contribution in [1.82, 2.24) is 24.8 Å². The molecule has 8 nitrogen and oxygen atoms in total. The fourth-order valence-electron chi connectivity index (χ4n) is 10.6. The molecule has 0 spiro atoms. The molecule has 1 aromatic rings. The van der Waals surface area contributed by atoms with Gasteiger partial charge in [0, 0.05) is 53.2 Å². The maximum Gasteiger partial charge on any atom is 0.230 e. The molecule has 4 rings (SSSR count). The highest BCUT2D eigenvalue weighted by Gasteiger charge is 2.47. The highest BCUT2D eigenvalue weighted by Crippen LogP contribution is 2.48. The molecule has 2 unspecified atom stereocenters. The van der Waals surface area contributed by atoms with E-state index in [0.29, 0.717) is 31.1 Å². The minimum absolute atomic E-state index is 0.0535. The number of aromatic nitrogens is 3. The molecule has 306 valence electrons. The van der Waals surface area contributed by atoms with E-state index in [9.17, 15) is 0 Å². The van der Waals surface area contributed by atoms with Crippen LogP contribution in [0.2, 0.25) is 0 Å². The number of ether oxygens (including phenoxy) is 1. The maximum atomic E-state index is 5.78. The van der Waals surface area contributed by atoms with Crippen molar-refractivity contribution in [3.63, 3.8) is 0 Å². The van der Waals surface area contributed by atoms with Gasteiger partial charge in [0.25, 0.3) is 0 Å². The summed E-state index contributed by atoms with van der Waals surface area (Å²) in [5.41, 5.74) is 0.704. The van der Waals surface area contributed by atoms with Crippen LogP contribution in [0.4, 0.5) is 11.9 Å². The largest absolute Gasteiger partial charge is 0.378 e. The van der Waals surface area contributed by atoms with E-state index < -0.39 is 0 Å². The lowest BCUT2D eigenvalue weighted by atomic mass is 9.63. The number of morpholine rings is 1. The molecule has 0 aromatic carbocycles. The molecule has 3 aliphatic heterocycles. The van der Waals surface area contributed by atoms with E-state index in [4.69, 9.17) is 19.7 Å². The topological polar surface area (TPSA) is 60.9 Å². The first-order valence-electron chi connectivity index (χ1n) is 21.8. The first-order valence-corrected chi connectivity index (χ1v) is 21.8. The van der Waals surface area contributed by atoms with E-state index in [2.05, 4.69) is 138 Å². The number of rotatable bonds is 15. The van der Waals surface area contributed by atoms with Crippen molar-refractivity contribution in [1.29, 1.82) is 0 Å². The second-order valence-electron chi connectivity index (χ2n) is 21.0. The van der Waals surface area contributed by atoms with Crippen molar-refractivity contribution >= 4 is 11.9 Å². The average molecular weight is 740 g/mol. The molecular weight excluding hydrogens is 655 g/mol. The van der Waals surface area contributed by atoms with Gasteiger partial charge in [-0.05, 0) is 144 Å². The van der Waals surface area contributed by atoms with E-state index in [1.807, 2.05) is 0 Å². The quantitative estimate of drug-likeness (QED) is 0.176. The van der Waals surface area contributed by atoms with Crippen LogP contribution in [0.15, 0.2) is 0 Å². The summed E-state index contributed by atoms with van der Waals surface area (Å²) in [6.45, 7) is 40.6. The Balaban J connectivity index is 1.79. The van der Waals surface area contributed by atoms with Gasteiger partial charge in [-0.1, -0.05) is 61.3 Å². The van der Waals surface area contributed by atoms with Crippen LogP contribution in [0, 0.1) is 23.2 Å². The highest BCUT2D eigenvalue weighted by molar-refractivity contribution is 5.42. The van der Waals surface area contributed by atoms with Gasteiger partial charge in [-0.3, -0.25) is 9.80 Å². The molecule has 0 radical (unpaired) electrons. The van der Waals surface area contributed by atoms with E-state index >= 15 is 0 Å². The Morgan fingerprint density at radius 2 is 1.23 bits per heavy atom. The van der Waals surface area contributed by atoms with Crippen LogP contribution in [0.5, 0.6) is 0 Å². The van der Waals surface area contributed by atoms with Crippen LogP contribution in [-0.2, 0) is 10.2 Å². The number of piperidine rings is 2. The monoisotopic (exact) mass is 740 g/mol. The van der Waals surface area contributed by atoms with Crippen LogP contribution in [0.1, 0.15) is 174 Å². The maximum absolute atomic E-state index is 5.78. The van der Waals surface area contributed by atoms with Crippen molar-refractivity contribution in [2.75, 3.05) is 56.7 Å². The summed E-state index contributed by atoms with van der Waals surface area (Å²) in [5.74, 6) is 4.70. The zero-order chi connectivity index (χ0) is 39.8. The van der Waals surface area contributed by atoms with Crippen LogP contribution >= 0.6 is 0 Å². The van der Waals surface area contributed by atoms with Crippen molar-refractivity contribution in [2.45, 2.75) is 202 Å². The molecule has 53 heavy (non-hydrogen) atoms. The van der Waals surface area contributed by atoms with Gasteiger partial charge >= 0.3 is 0 Å². The Labute approximate surface area is 328 Å². The summed E-state index contributed by atoms with van der Waals surface area (Å²) >= 11 is 0. The van der Waals surface area contributed by atoms with Gasteiger partial charge in [0.15, 0.2) is 0 Å². The Morgan fingerprint density at radius 3 is 1.70 bits per heavy atom. The molecule has 0 saturated carbocycles. The number of anilines is 2. The SMILES string of the molecule is CCC(C)(CC)c1nc(N2CCOCC2)nc(N(CCC(CC(C)C2CC(C)(C)N(C)C(C)(C)C2)C(C)(CC)CC)C2CC(C)(C)N(C)C(C)(C)C2)n1. The second-order valence-corrected chi connectivity index (χ2v) is 21.0. The molecule has 0 N–H and O–H groups in total. The molecule has 0 bridgehead atoms. The predicted octanol–water partition coefficient (Wildman–Crippen LogP) is 10.0. The summed E-state index contributed by atoms with van der Waals surface area (Å²) < 4.78 is 5.78. The van der Waals surface area contributed by atoms with Crippen molar-refractivity contribution in [3.8, 4) is 0 Å². The predicted molar refractivity (Wildman–Crippen MR) is 226 cm³/mol. The highest BCUT2D eigenvalue weighted by atomic mass is 16.5. The first-order chi connectivity index (χ1) is 24.5. The van der Waals surface area contributed by atoms with Crippen LogP contribution in [0.25, 0.3) is 0 Å². The third-order valence-electron chi connectivity index (χ3n) is 16.1. The minimum Gasteiger partial charge on any atom is -0.378 e. The van der Waals surface area contributed by atoms with Crippen molar-refractivity contribution in [3.05, 3.63) is 5.82 Å². The van der Waals surface area contributed by atoms with Gasteiger partial charge in [0.1, 0.15) is 5.82 Å². The molecule has 2 atom stereocenters. The summed E-state index contributed by atoms with van der Waals surface area (Å²) in [7, 11) is 4.67. The second kappa shape index (κ2) is 16.5. The van der Waals surface area contributed by atoms with Gasteiger partial charge in [-0.2, -0.15) is 15.0 Å². The summed E-state index contributed by atoms with van der Waals surface area (Å²) in [5, 5.41) is 0. The number of likely N-dealkylation sites (tertiary alicyclic amines) is 2. The minimum atomic E-state index is -0.105. The normalized spacial score (nSPS) is 24.3. The summed E-state index contributed by atoms with van der Waals surface area (Å²) in [4.78, 5) is 26.5. The Kier molecular flexibility index (Phi) is 13.8. The van der Waals surface area contributed by atoms with Gasteiger partial charge in [0.05, 0.1) is 13.2 Å². The van der Waals surface area contributed by atoms with E-state index in [-0.39, 0.29) is 33.0 Å². The molecule has 3 aliphatic rings. The Hall–Kier alpha value is -1.51. The Morgan fingerprint density at radius 1 is 0.736 bits per heavy atom. The fourth-order valence-corrected chi connectivity index (χ4v) is 10.6. The van der Waals surface area contributed by atoms with Gasteiger partial charge in [-0.25, -0.2) is 0 Å². The molecule has 0 aliphatic carbocycles. The Bertz CT molecular complexity index is 1290. The molecule has 3 fully saturated rings. The third kappa shape index (κ3) is 9.55. The summed E-state index contributed by atoms with van der Waals surface area (Å²) in [6, 6.07) is 0.335. The standard InChI is InChI=1S/C45H85N7O/c1-18-44(14,19-2)35(28-33(5)34-29-40(6,7)49(16)41(8,9)30-34)22-23-52(36-31-42(10,11)50(17)43(12,13)32-36)39-47-37(45(15,20-3)21-4)46-38(48-39)51-24-26-53-27-25-51/h33-36H,18-32H2,1-17H3. The molecule has 8 heteroatoms. The van der Waals surface area contributed by atoms with Crippen LogP contribution in [0.3, 0.4) is 0 Å². The zero-order valence-corrected chi connectivity index (χ0v) is 38.0. The smallest absolute Gasteiger partial charge is 0.230 e. The van der Waals surface area contributed by atoms with Crippen molar-refractivity contribution in [2.24, 2.45) is 23.2 Å². The molecule has 0 amide bonds. The van der Waals surface area contributed by atoms with Crippen LogP contribution < -0.4 is 9.80 Å². The molecule has 1 aromatic heterocycles. The zero-order valence-electron chi connectivity index (χ0n) is 38.0. The van der Waals surface area contributed by atoms with E-state index in [0.717, 1.165) is 75.4 Å². The lowest BCUT2D eigenvalue weighted by Crippen LogP contribution is -2.63. The number of hydrogen-bond donors (Lipinski definition) is 0. The average Bonchev–Trinajstić information content (AvgIpc) is 3.11. The molecule has 3 saturated heterocycles. The lowest BCUT2D eigenvalue weighted by Gasteiger charge is -2.56. The molecule has 4 heterocycles. The first kappa shape index (κ1) is 44.2. The van der Waals surface area contributed by atoms with Gasteiger partial charge < -0.3 is 14.5 Å². The van der Waals surface area contributed by atoms with Crippen LogP contribution in [-0.4, -0.2) is 99.9 Å². The van der Waals surface area contributed by atoms with Gasteiger partial charge in [-0.15, -0.1) is 0 Å². The lowest BCUT2D eigenvalue weighted by molar-refractivity contribution is -0.0474. The third-order valence-corrected chi connectivity index (χ3v) is 16.1. The molecular formula is C45H85N7O. The fraction of sp³-hybridized carbons (Fsp3) is 0.933. The van der Waals surface area contributed by atoms with Crippen molar-refractivity contribution < 1.29 is 4.74 Å². The van der Waals surface area contributed by atoms with E-state index in [1.54, 1.807) is 0 Å². The summed E-state index contributed by atoms with van der Waals surface area (Å²) in [6.07, 6.45) is 11.6. The number of hydrogen-bond acceptors (Lipinski definition) is 8.